The summed E-state index contributed by atoms with van der Waals surface area (Å²) < 4.78 is 11.4. The van der Waals surface area contributed by atoms with Gasteiger partial charge in [0.1, 0.15) is 23.0 Å². The second-order valence-corrected chi connectivity index (χ2v) is 7.24. The van der Waals surface area contributed by atoms with Crippen LogP contribution in [0.4, 0.5) is 0 Å². The molecule has 0 radical (unpaired) electrons. The molecule has 0 unspecified atom stereocenters. The van der Waals surface area contributed by atoms with Crippen molar-refractivity contribution < 1.29 is 33.4 Å². The molecule has 7 heteroatoms. The van der Waals surface area contributed by atoms with Crippen molar-refractivity contribution in [3.8, 4) is 22.6 Å². The number of hydrogen-bond donors (Lipinski definition) is 2. The summed E-state index contributed by atoms with van der Waals surface area (Å²) in [6, 6.07) is 19.5. The number of carbonyl (C=O) groups excluding carboxylic acids is 1. The molecule has 168 valence electrons. The Hall–Kier alpha value is -4.91. The first kappa shape index (κ1) is 22.3. The van der Waals surface area contributed by atoms with Gasteiger partial charge >= 0.3 is 11.9 Å². The van der Waals surface area contributed by atoms with Crippen molar-refractivity contribution in [3.05, 3.63) is 108 Å². The number of carbonyl (C=O) groups is 3. The second-order valence-electron chi connectivity index (χ2n) is 7.24. The summed E-state index contributed by atoms with van der Waals surface area (Å²) >= 11 is 0. The van der Waals surface area contributed by atoms with Crippen LogP contribution in [0.3, 0.4) is 0 Å². The van der Waals surface area contributed by atoms with Crippen LogP contribution in [0.15, 0.2) is 93.8 Å². The van der Waals surface area contributed by atoms with Gasteiger partial charge in [-0.3, -0.25) is 4.79 Å². The van der Waals surface area contributed by atoms with Gasteiger partial charge in [-0.15, -0.1) is 0 Å². The fourth-order valence-corrected chi connectivity index (χ4v) is 3.19. The van der Waals surface area contributed by atoms with Crippen LogP contribution in [0.25, 0.3) is 34.8 Å². The topological polar surface area (TPSA) is 118 Å². The van der Waals surface area contributed by atoms with Gasteiger partial charge in [0.15, 0.2) is 5.78 Å². The third kappa shape index (κ3) is 5.28. The lowest BCUT2D eigenvalue weighted by Gasteiger charge is -1.99. The maximum atomic E-state index is 12.2. The maximum Gasteiger partial charge on any atom is 0.335 e. The highest BCUT2D eigenvalue weighted by Crippen LogP contribution is 2.25. The Bertz CT molecular complexity index is 1320. The van der Waals surface area contributed by atoms with E-state index < -0.39 is 11.9 Å². The molecule has 0 amide bonds. The standard InChI is InChI=1S/C27H18O7/c28-21(7-9-22-11-13-24(33-22)17-3-1-5-19(15-17)26(29)30)8-10-23-12-14-25(34-23)18-4-2-6-20(16-18)27(31)32/h1-16H,(H,29,30)(H,31,32)/b9-7+,10-8+. The van der Waals surface area contributed by atoms with E-state index in [2.05, 4.69) is 0 Å². The Morgan fingerprint density at radius 1 is 0.618 bits per heavy atom. The Kier molecular flexibility index (Phi) is 6.36. The summed E-state index contributed by atoms with van der Waals surface area (Å²) in [5.74, 6) is -0.489. The average molecular weight is 454 g/mol. The lowest BCUT2D eigenvalue weighted by Crippen LogP contribution is -1.95. The van der Waals surface area contributed by atoms with Crippen molar-refractivity contribution >= 4 is 29.9 Å². The average Bonchev–Trinajstić information content (AvgIpc) is 3.51. The fourth-order valence-electron chi connectivity index (χ4n) is 3.19. The molecule has 2 heterocycles. The number of hydrogen-bond acceptors (Lipinski definition) is 5. The number of carboxylic acid groups (broad SMARTS) is 2. The molecule has 0 saturated heterocycles. The molecule has 0 aliphatic carbocycles. The van der Waals surface area contributed by atoms with Gasteiger partial charge in [0.25, 0.3) is 0 Å². The Labute approximate surface area is 193 Å². The smallest absolute Gasteiger partial charge is 0.335 e. The molecule has 4 aromatic rings. The Balaban J connectivity index is 1.41. The molecule has 0 bridgehead atoms. The lowest BCUT2D eigenvalue weighted by molar-refractivity contribution is -0.110. The van der Waals surface area contributed by atoms with Crippen LogP contribution < -0.4 is 0 Å². The van der Waals surface area contributed by atoms with Crippen LogP contribution >= 0.6 is 0 Å². The van der Waals surface area contributed by atoms with Gasteiger partial charge in [-0.25, -0.2) is 9.59 Å². The van der Waals surface area contributed by atoms with E-state index in [4.69, 9.17) is 19.0 Å². The van der Waals surface area contributed by atoms with E-state index in [-0.39, 0.29) is 16.9 Å². The highest BCUT2D eigenvalue weighted by molar-refractivity contribution is 6.04. The monoisotopic (exact) mass is 454 g/mol. The molecule has 7 nitrogen and oxygen atoms in total. The highest BCUT2D eigenvalue weighted by atomic mass is 16.4. The molecule has 2 aromatic carbocycles. The van der Waals surface area contributed by atoms with Gasteiger partial charge in [-0.1, -0.05) is 24.3 Å². The van der Waals surface area contributed by atoms with Crippen LogP contribution in [0.1, 0.15) is 32.2 Å². The van der Waals surface area contributed by atoms with Gasteiger partial charge in [0.05, 0.1) is 11.1 Å². The van der Waals surface area contributed by atoms with E-state index in [1.807, 2.05) is 0 Å². The number of carboxylic acids is 2. The summed E-state index contributed by atoms with van der Waals surface area (Å²) in [6.07, 6.45) is 5.71. The van der Waals surface area contributed by atoms with Crippen LogP contribution in [-0.2, 0) is 4.79 Å². The molecular weight excluding hydrogens is 436 g/mol. The third-order valence-electron chi connectivity index (χ3n) is 4.87. The minimum Gasteiger partial charge on any atom is -0.478 e. The van der Waals surface area contributed by atoms with E-state index >= 15 is 0 Å². The molecule has 0 saturated carbocycles. The largest absolute Gasteiger partial charge is 0.478 e. The molecule has 0 aliphatic rings. The molecule has 0 spiro atoms. The summed E-state index contributed by atoms with van der Waals surface area (Å²) in [7, 11) is 0. The van der Waals surface area contributed by atoms with E-state index in [1.165, 1.54) is 48.6 Å². The van der Waals surface area contributed by atoms with Crippen LogP contribution in [-0.4, -0.2) is 27.9 Å². The van der Waals surface area contributed by atoms with Gasteiger partial charge < -0.3 is 19.0 Å². The summed E-state index contributed by atoms with van der Waals surface area (Å²) in [6.45, 7) is 0. The molecule has 0 atom stereocenters. The molecular formula is C27H18O7. The molecule has 0 fully saturated rings. The zero-order valence-electron chi connectivity index (χ0n) is 17.7. The number of furan rings is 2. The minimum absolute atomic E-state index is 0.155. The minimum atomic E-state index is -1.02. The van der Waals surface area contributed by atoms with Crippen molar-refractivity contribution in [2.24, 2.45) is 0 Å². The quantitative estimate of drug-likeness (QED) is 0.318. The highest BCUT2D eigenvalue weighted by Gasteiger charge is 2.09. The van der Waals surface area contributed by atoms with Gasteiger partial charge in [0, 0.05) is 11.1 Å². The zero-order chi connectivity index (χ0) is 24.1. The summed E-state index contributed by atoms with van der Waals surface area (Å²) in [5, 5.41) is 18.2. The van der Waals surface area contributed by atoms with Crippen molar-refractivity contribution in [1.29, 1.82) is 0 Å². The van der Waals surface area contributed by atoms with E-state index in [0.717, 1.165) is 0 Å². The van der Waals surface area contributed by atoms with E-state index in [1.54, 1.807) is 48.5 Å². The summed E-state index contributed by atoms with van der Waals surface area (Å²) in [5.41, 5.74) is 1.55. The van der Waals surface area contributed by atoms with Crippen molar-refractivity contribution in [1.82, 2.24) is 0 Å². The zero-order valence-corrected chi connectivity index (χ0v) is 17.7. The predicted octanol–water partition coefficient (Wildman–Crippen LogP) is 5.90. The molecule has 0 aliphatic heterocycles. The van der Waals surface area contributed by atoms with Crippen LogP contribution in [0.5, 0.6) is 0 Å². The van der Waals surface area contributed by atoms with Gasteiger partial charge in [-0.2, -0.15) is 0 Å². The number of allylic oxidation sites excluding steroid dienone is 2. The molecule has 4 rings (SSSR count). The first-order valence-electron chi connectivity index (χ1n) is 10.2. The fraction of sp³-hybridized carbons (Fsp3) is 0. The van der Waals surface area contributed by atoms with Gasteiger partial charge in [0.2, 0.25) is 0 Å². The summed E-state index contributed by atoms with van der Waals surface area (Å²) in [4.78, 5) is 34.5. The lowest BCUT2D eigenvalue weighted by atomic mass is 10.1. The van der Waals surface area contributed by atoms with Crippen molar-refractivity contribution in [2.45, 2.75) is 0 Å². The first-order valence-corrected chi connectivity index (χ1v) is 10.2. The number of ketones is 1. The van der Waals surface area contributed by atoms with Gasteiger partial charge in [-0.05, 0) is 72.8 Å². The normalized spacial score (nSPS) is 11.3. The third-order valence-corrected chi connectivity index (χ3v) is 4.87. The first-order chi connectivity index (χ1) is 16.4. The molecule has 2 aromatic heterocycles. The number of benzene rings is 2. The van der Waals surface area contributed by atoms with Crippen molar-refractivity contribution in [2.75, 3.05) is 0 Å². The van der Waals surface area contributed by atoms with Crippen LogP contribution in [0.2, 0.25) is 0 Å². The van der Waals surface area contributed by atoms with E-state index in [9.17, 15) is 14.4 Å². The SMILES string of the molecule is O=C(/C=C/c1ccc(-c2cccc(C(=O)O)c2)o1)/C=C/c1ccc(-c2cccc(C(=O)O)c2)o1. The van der Waals surface area contributed by atoms with E-state index in [0.29, 0.717) is 34.2 Å². The molecule has 2 N–H and O–H groups in total. The second kappa shape index (κ2) is 9.70. The molecule has 34 heavy (non-hydrogen) atoms. The Morgan fingerprint density at radius 3 is 1.47 bits per heavy atom. The number of aromatic carboxylic acids is 2. The predicted molar refractivity (Wildman–Crippen MR) is 125 cm³/mol. The Morgan fingerprint density at radius 2 is 1.06 bits per heavy atom. The number of rotatable bonds is 8. The van der Waals surface area contributed by atoms with Crippen molar-refractivity contribution in [3.63, 3.8) is 0 Å². The van der Waals surface area contributed by atoms with Crippen LogP contribution in [0, 0.1) is 0 Å². The maximum absolute atomic E-state index is 12.2.